The first-order valence-corrected chi connectivity index (χ1v) is 5.79. The van der Waals surface area contributed by atoms with Crippen molar-refractivity contribution in [3.8, 4) is 0 Å². The monoisotopic (exact) mass is 266 g/mol. The van der Waals surface area contributed by atoms with Gasteiger partial charge in [0, 0.05) is 4.83 Å². The van der Waals surface area contributed by atoms with Crippen LogP contribution in [0.5, 0.6) is 0 Å². The summed E-state index contributed by atoms with van der Waals surface area (Å²) in [6.07, 6.45) is 2.70. The molecule has 1 saturated heterocycles. The van der Waals surface area contributed by atoms with Crippen molar-refractivity contribution in [2.75, 3.05) is 0 Å². The van der Waals surface area contributed by atoms with Crippen molar-refractivity contribution in [3.63, 3.8) is 0 Å². The second-order valence-corrected chi connectivity index (χ2v) is 5.90. The molecule has 0 aromatic carbocycles. The fraction of sp³-hybridized carbons (Fsp3) is 0.800. The molecule has 3 heteroatoms. The summed E-state index contributed by atoms with van der Waals surface area (Å²) in [5, 5.41) is -0.0117. The summed E-state index contributed by atoms with van der Waals surface area (Å²) in [4.78, 5) is 0.301. The summed E-state index contributed by atoms with van der Waals surface area (Å²) >= 11 is 9.81. The van der Waals surface area contributed by atoms with Crippen LogP contribution in [0.2, 0.25) is 0 Å². The van der Waals surface area contributed by atoms with E-state index in [1.54, 1.807) is 6.08 Å². The van der Waals surface area contributed by atoms with Crippen LogP contribution in [0, 0.1) is 0 Å². The number of alkyl halides is 2. The lowest BCUT2D eigenvalue weighted by Crippen LogP contribution is -2.54. The van der Waals surface area contributed by atoms with Crippen LogP contribution in [-0.4, -0.2) is 21.4 Å². The van der Waals surface area contributed by atoms with E-state index in [2.05, 4.69) is 36.4 Å². The first-order chi connectivity index (χ1) is 5.82. The summed E-state index contributed by atoms with van der Waals surface area (Å²) in [6, 6.07) is 0. The summed E-state index contributed by atoms with van der Waals surface area (Å²) < 4.78 is 5.94. The minimum absolute atomic E-state index is 0.0117. The lowest BCUT2D eigenvalue weighted by Gasteiger charge is -2.47. The van der Waals surface area contributed by atoms with Crippen LogP contribution in [0.3, 0.4) is 0 Å². The zero-order valence-electron chi connectivity index (χ0n) is 8.31. The molecule has 13 heavy (non-hydrogen) atoms. The third kappa shape index (κ3) is 2.11. The van der Waals surface area contributed by atoms with Gasteiger partial charge in [-0.3, -0.25) is 0 Å². The van der Waals surface area contributed by atoms with E-state index in [0.29, 0.717) is 4.83 Å². The molecule has 0 aromatic rings. The molecular weight excluding hydrogens is 251 g/mol. The molecule has 1 heterocycles. The van der Waals surface area contributed by atoms with E-state index in [9.17, 15) is 0 Å². The highest BCUT2D eigenvalue weighted by molar-refractivity contribution is 9.09. The van der Waals surface area contributed by atoms with Gasteiger partial charge in [-0.25, -0.2) is 0 Å². The van der Waals surface area contributed by atoms with Crippen molar-refractivity contribution in [1.82, 2.24) is 0 Å². The highest BCUT2D eigenvalue weighted by atomic mass is 79.9. The SMILES string of the molecule is C=C[C@@]1(C)OC(C)(C)[C@@H](Br)C[C@H]1Cl. The van der Waals surface area contributed by atoms with Gasteiger partial charge in [0.1, 0.15) is 5.60 Å². The molecule has 1 aliphatic rings. The first kappa shape index (κ1) is 11.5. The average Bonchev–Trinajstić information content (AvgIpc) is 2.01. The lowest BCUT2D eigenvalue weighted by molar-refractivity contribution is -0.131. The van der Waals surface area contributed by atoms with Gasteiger partial charge < -0.3 is 4.74 Å². The van der Waals surface area contributed by atoms with Gasteiger partial charge in [0.05, 0.1) is 11.0 Å². The Bertz CT molecular complexity index is 217. The number of rotatable bonds is 1. The molecule has 1 aliphatic heterocycles. The van der Waals surface area contributed by atoms with E-state index >= 15 is 0 Å². The average molecular weight is 268 g/mol. The molecule has 0 bridgehead atoms. The second-order valence-electron chi connectivity index (χ2n) is 4.26. The van der Waals surface area contributed by atoms with Crippen molar-refractivity contribution in [2.24, 2.45) is 0 Å². The van der Waals surface area contributed by atoms with Crippen LogP contribution in [0.15, 0.2) is 12.7 Å². The van der Waals surface area contributed by atoms with Gasteiger partial charge in [0.25, 0.3) is 0 Å². The van der Waals surface area contributed by atoms with Crippen molar-refractivity contribution in [1.29, 1.82) is 0 Å². The normalized spacial score (nSPS) is 44.4. The lowest BCUT2D eigenvalue weighted by atomic mass is 9.87. The molecule has 0 aliphatic carbocycles. The highest BCUT2D eigenvalue weighted by Gasteiger charge is 2.46. The van der Waals surface area contributed by atoms with Crippen LogP contribution < -0.4 is 0 Å². The largest absolute Gasteiger partial charge is 0.363 e. The quantitative estimate of drug-likeness (QED) is 0.522. The van der Waals surface area contributed by atoms with Crippen molar-refractivity contribution in [3.05, 3.63) is 12.7 Å². The number of hydrogen-bond donors (Lipinski definition) is 0. The van der Waals surface area contributed by atoms with E-state index in [1.807, 2.05) is 6.92 Å². The molecule has 0 spiro atoms. The van der Waals surface area contributed by atoms with Gasteiger partial charge >= 0.3 is 0 Å². The highest BCUT2D eigenvalue weighted by Crippen LogP contribution is 2.42. The predicted octanol–water partition coefficient (Wildman–Crippen LogP) is 3.50. The Morgan fingerprint density at radius 3 is 2.54 bits per heavy atom. The number of hydrogen-bond acceptors (Lipinski definition) is 1. The van der Waals surface area contributed by atoms with Crippen molar-refractivity contribution < 1.29 is 4.74 Å². The molecule has 0 radical (unpaired) electrons. The fourth-order valence-electron chi connectivity index (χ4n) is 1.56. The van der Waals surface area contributed by atoms with Gasteiger partial charge in [-0.1, -0.05) is 22.0 Å². The Kier molecular flexibility index (Phi) is 3.16. The minimum Gasteiger partial charge on any atom is -0.363 e. The third-order valence-corrected chi connectivity index (χ3v) is 4.77. The molecule has 0 saturated carbocycles. The van der Waals surface area contributed by atoms with Crippen molar-refractivity contribution in [2.45, 2.75) is 48.6 Å². The summed E-state index contributed by atoms with van der Waals surface area (Å²) in [6.45, 7) is 9.89. The Balaban J connectivity index is 2.88. The molecule has 0 aromatic heterocycles. The van der Waals surface area contributed by atoms with E-state index in [4.69, 9.17) is 16.3 Å². The fourth-order valence-corrected chi connectivity index (χ4v) is 2.56. The molecule has 0 N–H and O–H groups in total. The van der Waals surface area contributed by atoms with Gasteiger partial charge in [-0.05, 0) is 27.2 Å². The van der Waals surface area contributed by atoms with Gasteiger partial charge in [0.15, 0.2) is 0 Å². The molecule has 0 amide bonds. The number of halogens is 2. The molecule has 1 fully saturated rings. The van der Waals surface area contributed by atoms with E-state index in [0.717, 1.165) is 6.42 Å². The maximum Gasteiger partial charge on any atom is 0.100 e. The first-order valence-electron chi connectivity index (χ1n) is 4.44. The molecular formula is C10H16BrClO. The van der Waals surface area contributed by atoms with Gasteiger partial charge in [0.2, 0.25) is 0 Å². The maximum absolute atomic E-state index is 6.22. The zero-order chi connectivity index (χ0) is 10.3. The Labute approximate surface area is 93.6 Å². The predicted molar refractivity (Wildman–Crippen MR) is 60.7 cm³/mol. The molecule has 0 unspecified atom stereocenters. The van der Waals surface area contributed by atoms with Gasteiger partial charge in [-0.15, -0.1) is 18.2 Å². The molecule has 1 nitrogen and oxygen atoms in total. The van der Waals surface area contributed by atoms with Crippen LogP contribution in [0.4, 0.5) is 0 Å². The van der Waals surface area contributed by atoms with Crippen LogP contribution in [0.1, 0.15) is 27.2 Å². The van der Waals surface area contributed by atoms with Crippen LogP contribution in [0.25, 0.3) is 0 Å². The second kappa shape index (κ2) is 3.56. The standard InChI is InChI=1S/C10H16BrClO/c1-5-10(4)8(12)6-7(11)9(2,3)13-10/h5,7-8H,1,6H2,2-4H3/t7-,8+,10+/m0/s1. The minimum atomic E-state index is -0.407. The Morgan fingerprint density at radius 1 is 1.54 bits per heavy atom. The summed E-state index contributed by atoms with van der Waals surface area (Å²) in [5.41, 5.74) is -0.594. The zero-order valence-corrected chi connectivity index (χ0v) is 10.7. The molecule has 76 valence electrons. The summed E-state index contributed by atoms with van der Waals surface area (Å²) in [7, 11) is 0. The molecule has 1 rings (SSSR count). The van der Waals surface area contributed by atoms with Crippen molar-refractivity contribution >= 4 is 27.5 Å². The smallest absolute Gasteiger partial charge is 0.100 e. The third-order valence-electron chi connectivity index (χ3n) is 2.68. The van der Waals surface area contributed by atoms with E-state index in [-0.39, 0.29) is 11.0 Å². The Morgan fingerprint density at radius 2 is 2.08 bits per heavy atom. The number of ether oxygens (including phenoxy) is 1. The van der Waals surface area contributed by atoms with Crippen LogP contribution >= 0.6 is 27.5 Å². The van der Waals surface area contributed by atoms with E-state index in [1.165, 1.54) is 0 Å². The van der Waals surface area contributed by atoms with Crippen LogP contribution in [-0.2, 0) is 4.74 Å². The topological polar surface area (TPSA) is 9.23 Å². The maximum atomic E-state index is 6.22. The molecule has 3 atom stereocenters. The van der Waals surface area contributed by atoms with Gasteiger partial charge in [-0.2, -0.15) is 0 Å². The Hall–Kier alpha value is 0.470. The van der Waals surface area contributed by atoms with E-state index < -0.39 is 5.60 Å². The summed E-state index contributed by atoms with van der Waals surface area (Å²) in [5.74, 6) is 0.